The zero-order valence-corrected chi connectivity index (χ0v) is 22.3. The lowest BCUT2D eigenvalue weighted by Gasteiger charge is -2.21. The first-order valence-electron chi connectivity index (χ1n) is 14.0. The Morgan fingerprint density at radius 2 is 1.39 bits per heavy atom. The summed E-state index contributed by atoms with van der Waals surface area (Å²) in [6.07, 6.45) is 0. The van der Waals surface area contributed by atoms with Crippen LogP contribution in [0, 0.1) is 0 Å². The van der Waals surface area contributed by atoms with E-state index in [1.165, 1.54) is 22.3 Å². The van der Waals surface area contributed by atoms with Gasteiger partial charge >= 0.3 is 0 Å². The van der Waals surface area contributed by atoms with E-state index in [9.17, 15) is 0 Å². The quantitative estimate of drug-likeness (QED) is 0.199. The third kappa shape index (κ3) is 2.13. The fourth-order valence-electron chi connectivity index (χ4n) is 7.77. The van der Waals surface area contributed by atoms with E-state index in [4.69, 9.17) is 14.4 Å². The highest BCUT2D eigenvalue weighted by atomic mass is 16.3. The second-order valence-electron chi connectivity index (χ2n) is 11.9. The van der Waals surface area contributed by atoms with E-state index < -0.39 is 0 Å². The lowest BCUT2D eigenvalue weighted by Crippen LogP contribution is -2.14. The first kappa shape index (κ1) is 20.5. The van der Waals surface area contributed by atoms with E-state index in [-0.39, 0.29) is 5.41 Å². The molecule has 41 heavy (non-hydrogen) atoms. The van der Waals surface area contributed by atoms with Crippen LogP contribution in [0.3, 0.4) is 0 Å². The smallest absolute Gasteiger partial charge is 0.223 e. The Labute approximate surface area is 232 Å². The summed E-state index contributed by atoms with van der Waals surface area (Å²) in [6.45, 7) is 4.63. The van der Waals surface area contributed by atoms with Crippen molar-refractivity contribution in [2.75, 3.05) is 0 Å². The lowest BCUT2D eigenvalue weighted by molar-refractivity contribution is 0.661. The number of imidazole rings is 4. The number of hydrogen-bond acceptors (Lipinski definition) is 3. The maximum atomic E-state index is 6.19. The summed E-state index contributed by atoms with van der Waals surface area (Å²) in [5.41, 5.74) is 14.6. The minimum Gasteiger partial charge on any atom is -0.456 e. The minimum atomic E-state index is -0.0698. The molecule has 0 spiro atoms. The molecule has 5 aromatic heterocycles. The Morgan fingerprint density at radius 3 is 2.29 bits per heavy atom. The molecule has 0 saturated carbocycles. The Balaban J connectivity index is 1.32. The number of nitrogens with zero attached hydrogens (tertiary/aromatic N) is 5. The fraction of sp³-hybridized carbons (Fsp3) is 0.0857. The number of aromatic nitrogens is 5. The summed E-state index contributed by atoms with van der Waals surface area (Å²) >= 11 is 0. The average Bonchev–Trinajstić information content (AvgIpc) is 3.79. The molecular weight excluding hydrogens is 506 g/mol. The maximum absolute atomic E-state index is 6.19. The molecule has 0 amide bonds. The predicted octanol–water partition coefficient (Wildman–Crippen LogP) is 8.34. The van der Waals surface area contributed by atoms with Crippen molar-refractivity contribution in [2.24, 2.45) is 0 Å². The van der Waals surface area contributed by atoms with Crippen molar-refractivity contribution in [3.05, 3.63) is 102 Å². The van der Waals surface area contributed by atoms with Crippen molar-refractivity contribution in [1.82, 2.24) is 23.2 Å². The van der Waals surface area contributed by atoms with Crippen molar-refractivity contribution in [3.63, 3.8) is 0 Å². The van der Waals surface area contributed by atoms with Crippen LogP contribution < -0.4 is 0 Å². The number of furan rings is 1. The van der Waals surface area contributed by atoms with Gasteiger partial charge in [-0.3, -0.25) is 8.80 Å². The Bertz CT molecular complexity index is 2780. The monoisotopic (exact) mass is 527 g/mol. The largest absolute Gasteiger partial charge is 0.456 e. The second kappa shape index (κ2) is 6.34. The molecule has 0 N–H and O–H groups in total. The third-order valence-electron chi connectivity index (χ3n) is 9.59. The first-order valence-corrected chi connectivity index (χ1v) is 14.0. The summed E-state index contributed by atoms with van der Waals surface area (Å²) in [4.78, 5) is 10.6. The van der Waals surface area contributed by atoms with Gasteiger partial charge in [-0.1, -0.05) is 62.4 Å². The molecule has 0 aliphatic heterocycles. The average molecular weight is 528 g/mol. The van der Waals surface area contributed by atoms with Crippen molar-refractivity contribution in [3.8, 4) is 11.1 Å². The SMILES string of the molecule is CC1(C)c2ccccc2-c2cc3c(cc21)nc1n3c2cccc3c2n1c1nc2c4c(ccc2n31)oc1ccccc14. The standard InChI is InChI=1S/C35H21N5O/c1-35(2)21-10-5-3-8-18(21)20-16-27-23(17-22(20)35)36-33-39(27)26-12-7-11-25-32(26)40(33)34-37-31-24(38(25)34)14-15-29-30(31)19-9-4-6-13-28(19)41-29/h3-17H,1-2H3. The molecule has 192 valence electrons. The van der Waals surface area contributed by atoms with Gasteiger partial charge in [0.1, 0.15) is 22.2 Å². The molecule has 5 heterocycles. The molecule has 0 bridgehead atoms. The molecule has 1 aliphatic rings. The summed E-state index contributed by atoms with van der Waals surface area (Å²) in [6, 6.07) is 32.4. The zero-order chi connectivity index (χ0) is 26.8. The van der Waals surface area contributed by atoms with Gasteiger partial charge in [-0.15, -0.1) is 0 Å². The fourth-order valence-corrected chi connectivity index (χ4v) is 7.77. The van der Waals surface area contributed by atoms with Crippen LogP contribution in [0.25, 0.3) is 83.2 Å². The van der Waals surface area contributed by atoms with Crippen LogP contribution in [-0.4, -0.2) is 23.2 Å². The van der Waals surface area contributed by atoms with Crippen LogP contribution in [0.4, 0.5) is 0 Å². The Kier molecular flexibility index (Phi) is 3.17. The molecule has 0 fully saturated rings. The van der Waals surface area contributed by atoms with Gasteiger partial charge < -0.3 is 4.42 Å². The van der Waals surface area contributed by atoms with Crippen molar-refractivity contribution in [2.45, 2.75) is 19.3 Å². The molecule has 6 heteroatoms. The Hall–Kier alpha value is -5.36. The van der Waals surface area contributed by atoms with E-state index in [1.807, 2.05) is 12.1 Å². The number of para-hydroxylation sites is 2. The Morgan fingerprint density at radius 1 is 0.610 bits per heavy atom. The molecule has 6 nitrogen and oxygen atoms in total. The van der Waals surface area contributed by atoms with Crippen LogP contribution in [0.5, 0.6) is 0 Å². The lowest BCUT2D eigenvalue weighted by atomic mass is 9.82. The van der Waals surface area contributed by atoms with Gasteiger partial charge in [0, 0.05) is 10.8 Å². The van der Waals surface area contributed by atoms with Gasteiger partial charge in [0.25, 0.3) is 0 Å². The van der Waals surface area contributed by atoms with Crippen LogP contribution in [-0.2, 0) is 5.41 Å². The number of rotatable bonds is 0. The van der Waals surface area contributed by atoms with Gasteiger partial charge in [-0.05, 0) is 64.7 Å². The molecular formula is C35H21N5O. The van der Waals surface area contributed by atoms with Gasteiger partial charge in [0.15, 0.2) is 0 Å². The minimum absolute atomic E-state index is 0.0698. The second-order valence-corrected chi connectivity index (χ2v) is 11.9. The predicted molar refractivity (Wildman–Crippen MR) is 163 cm³/mol. The molecule has 1 aliphatic carbocycles. The highest BCUT2D eigenvalue weighted by Crippen LogP contribution is 2.50. The van der Waals surface area contributed by atoms with Crippen LogP contribution in [0.2, 0.25) is 0 Å². The van der Waals surface area contributed by atoms with Crippen LogP contribution >= 0.6 is 0 Å². The highest BCUT2D eigenvalue weighted by Gasteiger charge is 2.36. The van der Waals surface area contributed by atoms with E-state index in [0.29, 0.717) is 0 Å². The van der Waals surface area contributed by atoms with Crippen LogP contribution in [0.1, 0.15) is 25.0 Å². The van der Waals surface area contributed by atoms with E-state index >= 15 is 0 Å². The molecule has 10 aromatic rings. The normalized spacial score (nSPS) is 14.8. The zero-order valence-electron chi connectivity index (χ0n) is 22.3. The molecule has 5 aromatic carbocycles. The summed E-state index contributed by atoms with van der Waals surface area (Å²) in [5, 5.41) is 2.15. The topological polar surface area (TPSA) is 52.2 Å². The van der Waals surface area contributed by atoms with Crippen molar-refractivity contribution < 1.29 is 4.42 Å². The van der Waals surface area contributed by atoms with Gasteiger partial charge in [0.2, 0.25) is 11.6 Å². The molecule has 11 rings (SSSR count). The number of fused-ring (bicyclic) bond motifs is 17. The summed E-state index contributed by atoms with van der Waals surface area (Å²) in [7, 11) is 0. The van der Waals surface area contributed by atoms with Gasteiger partial charge in [-0.25, -0.2) is 14.4 Å². The van der Waals surface area contributed by atoms with Crippen molar-refractivity contribution in [1.29, 1.82) is 0 Å². The number of hydrogen-bond donors (Lipinski definition) is 0. The van der Waals surface area contributed by atoms with E-state index in [1.54, 1.807) is 0 Å². The molecule has 0 atom stereocenters. The molecule has 0 radical (unpaired) electrons. The van der Waals surface area contributed by atoms with E-state index in [0.717, 1.165) is 72.1 Å². The number of benzene rings is 5. The van der Waals surface area contributed by atoms with Crippen LogP contribution in [0.15, 0.2) is 95.4 Å². The summed E-state index contributed by atoms with van der Waals surface area (Å²) < 4.78 is 13.0. The van der Waals surface area contributed by atoms with Gasteiger partial charge in [-0.2, -0.15) is 0 Å². The summed E-state index contributed by atoms with van der Waals surface area (Å²) in [5.74, 6) is 1.76. The highest BCUT2D eigenvalue weighted by molar-refractivity contribution is 6.18. The van der Waals surface area contributed by atoms with Crippen molar-refractivity contribution >= 4 is 72.1 Å². The molecule has 0 unspecified atom stereocenters. The third-order valence-corrected chi connectivity index (χ3v) is 9.59. The first-order chi connectivity index (χ1) is 20.1. The maximum Gasteiger partial charge on any atom is 0.223 e. The van der Waals surface area contributed by atoms with E-state index in [2.05, 4.69) is 106 Å². The van der Waals surface area contributed by atoms with Gasteiger partial charge in [0.05, 0.1) is 33.0 Å². The molecule has 0 saturated heterocycles.